The average Bonchev–Trinajstić information content (AvgIpc) is 2.47. The topological polar surface area (TPSA) is 15.8 Å². The Morgan fingerprint density at radius 1 is 1.36 bits per heavy atom. The molecule has 0 aliphatic rings. The van der Waals surface area contributed by atoms with Crippen LogP contribution in [-0.4, -0.2) is 4.98 Å². The second-order valence-electron chi connectivity index (χ2n) is 3.84. The second kappa shape index (κ2) is 3.09. The molecule has 2 aromatic rings. The number of alkyl halides is 1. The maximum atomic E-state index is 13.8. The highest BCUT2D eigenvalue weighted by molar-refractivity contribution is 9.10. The van der Waals surface area contributed by atoms with Crippen LogP contribution in [0.25, 0.3) is 10.9 Å². The molecule has 1 heterocycles. The maximum absolute atomic E-state index is 13.8. The molecule has 14 heavy (non-hydrogen) atoms. The monoisotopic (exact) mass is 255 g/mol. The molecule has 0 aliphatic heterocycles. The number of fused-ring (bicyclic) bond motifs is 1. The smallest absolute Gasteiger partial charge is 0.132 e. The minimum atomic E-state index is -1.32. The Bertz CT molecular complexity index is 468. The summed E-state index contributed by atoms with van der Waals surface area (Å²) in [6.45, 7) is 3.13. The number of hydrogen-bond donors (Lipinski definition) is 1. The number of aromatic nitrogens is 1. The minimum absolute atomic E-state index is 0.694. The fraction of sp³-hybridized carbons (Fsp3) is 0.273. The highest BCUT2D eigenvalue weighted by Crippen LogP contribution is 2.35. The number of H-pyrrole nitrogens is 1. The average molecular weight is 256 g/mol. The van der Waals surface area contributed by atoms with Gasteiger partial charge in [0.05, 0.1) is 0 Å². The quantitative estimate of drug-likeness (QED) is 0.789. The van der Waals surface area contributed by atoms with Gasteiger partial charge in [-0.05, 0) is 26.0 Å². The van der Waals surface area contributed by atoms with E-state index in [1.165, 1.54) is 0 Å². The number of aromatic amines is 1. The number of benzene rings is 1. The van der Waals surface area contributed by atoms with E-state index < -0.39 is 5.67 Å². The van der Waals surface area contributed by atoms with E-state index in [9.17, 15) is 4.39 Å². The third-order valence-corrected chi connectivity index (χ3v) is 2.96. The van der Waals surface area contributed by atoms with E-state index in [4.69, 9.17) is 0 Å². The molecule has 0 fully saturated rings. The van der Waals surface area contributed by atoms with E-state index in [0.29, 0.717) is 5.56 Å². The summed E-state index contributed by atoms with van der Waals surface area (Å²) in [7, 11) is 0. The van der Waals surface area contributed by atoms with Crippen LogP contribution in [0.3, 0.4) is 0 Å². The summed E-state index contributed by atoms with van der Waals surface area (Å²) in [4.78, 5) is 3.07. The molecule has 0 bridgehead atoms. The Hall–Kier alpha value is -0.830. The van der Waals surface area contributed by atoms with Crippen molar-refractivity contribution in [2.75, 3.05) is 0 Å². The molecule has 3 heteroatoms. The van der Waals surface area contributed by atoms with Gasteiger partial charge in [-0.3, -0.25) is 0 Å². The number of halogens is 2. The largest absolute Gasteiger partial charge is 0.361 e. The molecule has 1 N–H and O–H groups in total. The molecule has 0 spiro atoms. The van der Waals surface area contributed by atoms with Crippen molar-refractivity contribution in [3.63, 3.8) is 0 Å². The third kappa shape index (κ3) is 1.46. The fourth-order valence-corrected chi connectivity index (χ4v) is 2.19. The number of rotatable bonds is 1. The summed E-state index contributed by atoms with van der Waals surface area (Å²) in [5.74, 6) is 0. The van der Waals surface area contributed by atoms with E-state index >= 15 is 0 Å². The van der Waals surface area contributed by atoms with E-state index in [-0.39, 0.29) is 0 Å². The summed E-state index contributed by atoms with van der Waals surface area (Å²) in [6, 6.07) is 5.79. The van der Waals surface area contributed by atoms with Crippen LogP contribution in [0.4, 0.5) is 4.39 Å². The highest BCUT2D eigenvalue weighted by atomic mass is 79.9. The van der Waals surface area contributed by atoms with Crippen molar-refractivity contribution in [2.24, 2.45) is 0 Å². The first-order chi connectivity index (χ1) is 6.50. The van der Waals surface area contributed by atoms with E-state index in [0.717, 1.165) is 15.4 Å². The van der Waals surface area contributed by atoms with Crippen LogP contribution in [0, 0.1) is 0 Å². The van der Waals surface area contributed by atoms with Gasteiger partial charge in [0.1, 0.15) is 5.67 Å². The van der Waals surface area contributed by atoms with Crippen molar-refractivity contribution in [2.45, 2.75) is 19.5 Å². The lowest BCUT2D eigenvalue weighted by atomic mass is 10.00. The van der Waals surface area contributed by atoms with Gasteiger partial charge in [-0.25, -0.2) is 4.39 Å². The van der Waals surface area contributed by atoms with Crippen LogP contribution in [0.1, 0.15) is 19.4 Å². The normalized spacial score (nSPS) is 12.3. The molecule has 1 aromatic carbocycles. The van der Waals surface area contributed by atoms with Crippen LogP contribution < -0.4 is 0 Å². The van der Waals surface area contributed by atoms with Gasteiger partial charge in [-0.2, -0.15) is 0 Å². The number of nitrogens with one attached hydrogen (secondary N) is 1. The standard InChI is InChI=1S/C11H11BrFN/c1-11(2,13)7-6-14-9-5-3-4-8(12)10(7)9/h3-6,14H,1-2H3. The maximum Gasteiger partial charge on any atom is 0.132 e. The van der Waals surface area contributed by atoms with Crippen molar-refractivity contribution in [3.8, 4) is 0 Å². The van der Waals surface area contributed by atoms with Crippen LogP contribution >= 0.6 is 15.9 Å². The summed E-state index contributed by atoms with van der Waals surface area (Å²) in [5.41, 5.74) is 0.336. The zero-order chi connectivity index (χ0) is 10.3. The molecule has 0 aliphatic carbocycles. The van der Waals surface area contributed by atoms with E-state index in [1.807, 2.05) is 18.2 Å². The summed E-state index contributed by atoms with van der Waals surface area (Å²) >= 11 is 3.43. The Morgan fingerprint density at radius 3 is 2.71 bits per heavy atom. The van der Waals surface area contributed by atoms with Gasteiger partial charge in [0.15, 0.2) is 0 Å². The first kappa shape index (κ1) is 9.71. The van der Waals surface area contributed by atoms with Gasteiger partial charge >= 0.3 is 0 Å². The molecule has 0 amide bonds. The van der Waals surface area contributed by atoms with Crippen LogP contribution in [0.15, 0.2) is 28.9 Å². The van der Waals surface area contributed by atoms with Crippen molar-refractivity contribution in [1.82, 2.24) is 4.98 Å². The molecule has 2 rings (SSSR count). The van der Waals surface area contributed by atoms with Gasteiger partial charge in [0.2, 0.25) is 0 Å². The Morgan fingerprint density at radius 2 is 2.07 bits per heavy atom. The van der Waals surface area contributed by atoms with E-state index in [2.05, 4.69) is 20.9 Å². The summed E-state index contributed by atoms with van der Waals surface area (Å²) < 4.78 is 14.8. The van der Waals surface area contributed by atoms with Gasteiger partial charge in [-0.1, -0.05) is 22.0 Å². The Labute approximate surface area is 90.5 Å². The van der Waals surface area contributed by atoms with Crippen molar-refractivity contribution >= 4 is 26.8 Å². The molecular weight excluding hydrogens is 245 g/mol. The van der Waals surface area contributed by atoms with Crippen LogP contribution in [0.5, 0.6) is 0 Å². The zero-order valence-electron chi connectivity index (χ0n) is 8.07. The van der Waals surface area contributed by atoms with Crippen LogP contribution in [-0.2, 0) is 5.67 Å². The highest BCUT2D eigenvalue weighted by Gasteiger charge is 2.23. The van der Waals surface area contributed by atoms with Gasteiger partial charge in [-0.15, -0.1) is 0 Å². The van der Waals surface area contributed by atoms with Gasteiger partial charge < -0.3 is 4.98 Å². The van der Waals surface area contributed by atoms with Gasteiger partial charge in [0, 0.05) is 27.1 Å². The number of hydrogen-bond acceptors (Lipinski definition) is 0. The van der Waals surface area contributed by atoms with E-state index in [1.54, 1.807) is 20.0 Å². The summed E-state index contributed by atoms with van der Waals surface area (Å²) in [5, 5.41) is 0.931. The molecule has 74 valence electrons. The molecule has 0 atom stereocenters. The molecule has 1 nitrogen and oxygen atoms in total. The molecule has 0 saturated carbocycles. The third-order valence-electron chi connectivity index (χ3n) is 2.30. The SMILES string of the molecule is CC(C)(F)c1c[nH]c2cccc(Br)c12. The summed E-state index contributed by atoms with van der Waals surface area (Å²) in [6.07, 6.45) is 1.73. The molecular formula is C11H11BrFN. The molecule has 1 aromatic heterocycles. The van der Waals surface area contributed by atoms with Gasteiger partial charge in [0.25, 0.3) is 0 Å². The molecule has 0 radical (unpaired) electrons. The fourth-order valence-electron chi connectivity index (χ4n) is 1.61. The lowest BCUT2D eigenvalue weighted by molar-refractivity contribution is 0.223. The lowest BCUT2D eigenvalue weighted by Crippen LogP contribution is -2.07. The minimum Gasteiger partial charge on any atom is -0.361 e. The predicted molar refractivity (Wildman–Crippen MR) is 60.1 cm³/mol. The Kier molecular flexibility index (Phi) is 2.14. The zero-order valence-corrected chi connectivity index (χ0v) is 9.65. The van der Waals surface area contributed by atoms with Crippen molar-refractivity contribution in [1.29, 1.82) is 0 Å². The first-order valence-corrected chi connectivity index (χ1v) is 5.24. The lowest BCUT2D eigenvalue weighted by Gasteiger charge is -2.13. The second-order valence-corrected chi connectivity index (χ2v) is 4.69. The molecule has 0 saturated heterocycles. The van der Waals surface area contributed by atoms with Crippen LogP contribution in [0.2, 0.25) is 0 Å². The van der Waals surface area contributed by atoms with Crippen molar-refractivity contribution in [3.05, 3.63) is 34.4 Å². The first-order valence-electron chi connectivity index (χ1n) is 4.45. The van der Waals surface area contributed by atoms with Crippen molar-refractivity contribution < 1.29 is 4.39 Å². The molecule has 0 unspecified atom stereocenters. The Balaban J connectivity index is 2.80. The predicted octanol–water partition coefficient (Wildman–Crippen LogP) is 4.14.